The number of nitrogens with zero attached hydrogens (tertiary/aromatic N) is 1. The zero-order valence-electron chi connectivity index (χ0n) is 22.0. The van der Waals surface area contributed by atoms with Gasteiger partial charge >= 0.3 is 6.09 Å². The minimum Gasteiger partial charge on any atom is -0.444 e. The summed E-state index contributed by atoms with van der Waals surface area (Å²) < 4.78 is 5.25. The van der Waals surface area contributed by atoms with Crippen molar-refractivity contribution in [1.82, 2.24) is 10.2 Å². The maximum atomic E-state index is 13.7. The second-order valence-electron chi connectivity index (χ2n) is 9.70. The molecule has 0 aliphatic carbocycles. The van der Waals surface area contributed by atoms with Crippen molar-refractivity contribution >= 4 is 23.6 Å². The van der Waals surface area contributed by atoms with Gasteiger partial charge in [-0.15, -0.1) is 0 Å². The van der Waals surface area contributed by atoms with Gasteiger partial charge in [0.25, 0.3) is 5.91 Å². The van der Waals surface area contributed by atoms with Crippen LogP contribution < -0.4 is 10.6 Å². The quantitative estimate of drug-likeness (QED) is 0.508. The van der Waals surface area contributed by atoms with Gasteiger partial charge in [-0.2, -0.15) is 0 Å². The number of hydrogen-bond donors (Lipinski definition) is 2. The summed E-state index contributed by atoms with van der Waals surface area (Å²) in [7, 11) is 0. The molecule has 2 aromatic carbocycles. The summed E-state index contributed by atoms with van der Waals surface area (Å²) >= 11 is 0. The van der Waals surface area contributed by atoms with Gasteiger partial charge in [0.2, 0.25) is 5.91 Å². The molecule has 7 heteroatoms. The van der Waals surface area contributed by atoms with Gasteiger partial charge in [0.1, 0.15) is 18.2 Å². The van der Waals surface area contributed by atoms with Crippen LogP contribution in [0, 0.1) is 13.8 Å². The van der Waals surface area contributed by atoms with Crippen molar-refractivity contribution in [1.29, 1.82) is 0 Å². The summed E-state index contributed by atoms with van der Waals surface area (Å²) in [4.78, 5) is 40.7. The molecule has 0 radical (unpaired) electrons. The number of rotatable bonds is 9. The molecule has 0 saturated carbocycles. The van der Waals surface area contributed by atoms with Crippen LogP contribution in [0.25, 0.3) is 0 Å². The Labute approximate surface area is 209 Å². The summed E-state index contributed by atoms with van der Waals surface area (Å²) in [5.41, 5.74) is 3.80. The molecule has 0 aromatic heterocycles. The molecule has 0 saturated heterocycles. The summed E-state index contributed by atoms with van der Waals surface area (Å²) in [5.74, 6) is -0.662. The van der Waals surface area contributed by atoms with Crippen molar-refractivity contribution in [2.24, 2.45) is 0 Å². The molecule has 2 N–H and O–H groups in total. The fraction of sp³-hybridized carbons (Fsp3) is 0.464. The average molecular weight is 482 g/mol. The van der Waals surface area contributed by atoms with Gasteiger partial charge in [-0.05, 0) is 69.7 Å². The molecule has 2 rings (SSSR count). The number of ether oxygens (including phenoxy) is 1. The van der Waals surface area contributed by atoms with Crippen LogP contribution in [0.2, 0.25) is 0 Å². The molecule has 0 aliphatic heterocycles. The molecular formula is C28H39N3O4. The van der Waals surface area contributed by atoms with Crippen LogP contribution in [0.3, 0.4) is 0 Å². The lowest BCUT2D eigenvalue weighted by atomic mass is 10.0. The number of benzene rings is 2. The van der Waals surface area contributed by atoms with Crippen molar-refractivity contribution in [3.63, 3.8) is 0 Å². The molecule has 0 spiro atoms. The monoisotopic (exact) mass is 481 g/mol. The molecular weight excluding hydrogens is 442 g/mol. The molecule has 3 amide bonds. The van der Waals surface area contributed by atoms with E-state index in [1.807, 2.05) is 63.2 Å². The predicted molar refractivity (Wildman–Crippen MR) is 139 cm³/mol. The largest absolute Gasteiger partial charge is 0.444 e. The van der Waals surface area contributed by atoms with Crippen LogP contribution in [0.5, 0.6) is 0 Å². The molecule has 0 aliphatic rings. The van der Waals surface area contributed by atoms with E-state index in [1.54, 1.807) is 20.8 Å². The molecule has 1 unspecified atom stereocenters. The SMILES string of the molecule is CCCN(C(=O)CNC(=O)OC(C)(C)C)C(C(=O)Nc1c(C)cccc1C)c1ccc(CC)cc1. The standard InChI is InChI=1S/C28H39N3O4/c1-8-17-31(23(32)18-29-27(34)35-28(5,6)7)25(22-15-13-21(9-2)14-16-22)26(33)30-24-19(3)11-10-12-20(24)4/h10-16,25H,8-9,17-18H2,1-7H3,(H,29,34)(H,30,33). The highest BCUT2D eigenvalue weighted by Crippen LogP contribution is 2.27. The lowest BCUT2D eigenvalue weighted by Gasteiger charge is -2.32. The van der Waals surface area contributed by atoms with E-state index in [-0.39, 0.29) is 18.4 Å². The first kappa shape index (κ1) is 27.9. The number of alkyl carbamates (subject to hydrolysis) is 1. The number of anilines is 1. The van der Waals surface area contributed by atoms with Crippen LogP contribution >= 0.6 is 0 Å². The van der Waals surface area contributed by atoms with E-state index in [9.17, 15) is 14.4 Å². The highest BCUT2D eigenvalue weighted by atomic mass is 16.6. The van der Waals surface area contributed by atoms with E-state index in [4.69, 9.17) is 4.74 Å². The maximum Gasteiger partial charge on any atom is 0.408 e. The van der Waals surface area contributed by atoms with Crippen molar-refractivity contribution in [3.05, 3.63) is 64.7 Å². The Morgan fingerprint density at radius 2 is 1.57 bits per heavy atom. The van der Waals surface area contributed by atoms with Crippen molar-refractivity contribution in [2.75, 3.05) is 18.4 Å². The number of carbonyl (C=O) groups is 3. The summed E-state index contributed by atoms with van der Waals surface area (Å²) in [6.45, 7) is 13.2. The van der Waals surface area contributed by atoms with E-state index in [2.05, 4.69) is 17.6 Å². The molecule has 35 heavy (non-hydrogen) atoms. The second kappa shape index (κ2) is 12.4. The summed E-state index contributed by atoms with van der Waals surface area (Å²) in [6, 6.07) is 12.7. The van der Waals surface area contributed by atoms with E-state index < -0.39 is 17.7 Å². The van der Waals surface area contributed by atoms with Gasteiger partial charge in [-0.3, -0.25) is 9.59 Å². The Kier molecular flexibility index (Phi) is 9.87. The Hall–Kier alpha value is -3.35. The Morgan fingerprint density at radius 3 is 2.09 bits per heavy atom. The fourth-order valence-electron chi connectivity index (χ4n) is 3.81. The number of nitrogens with one attached hydrogen (secondary N) is 2. The highest BCUT2D eigenvalue weighted by molar-refractivity contribution is 5.99. The van der Waals surface area contributed by atoms with Crippen molar-refractivity contribution < 1.29 is 19.1 Å². The van der Waals surface area contributed by atoms with Crippen LogP contribution in [-0.4, -0.2) is 41.5 Å². The number of hydrogen-bond acceptors (Lipinski definition) is 4. The van der Waals surface area contributed by atoms with Crippen LogP contribution in [0.1, 0.15) is 69.3 Å². The third kappa shape index (κ3) is 8.12. The van der Waals surface area contributed by atoms with Gasteiger partial charge in [0.15, 0.2) is 0 Å². The Balaban J connectivity index is 2.38. The first-order valence-electron chi connectivity index (χ1n) is 12.2. The smallest absolute Gasteiger partial charge is 0.408 e. The zero-order chi connectivity index (χ0) is 26.2. The lowest BCUT2D eigenvalue weighted by Crippen LogP contribution is -2.46. The molecule has 0 bridgehead atoms. The predicted octanol–water partition coefficient (Wildman–Crippen LogP) is 5.31. The zero-order valence-corrected chi connectivity index (χ0v) is 22.0. The van der Waals surface area contributed by atoms with E-state index in [0.29, 0.717) is 18.5 Å². The number of para-hydroxylation sites is 1. The maximum absolute atomic E-state index is 13.7. The highest BCUT2D eigenvalue weighted by Gasteiger charge is 2.32. The first-order valence-corrected chi connectivity index (χ1v) is 12.2. The molecule has 0 fully saturated rings. The van der Waals surface area contributed by atoms with Crippen LogP contribution in [-0.2, 0) is 20.7 Å². The van der Waals surface area contributed by atoms with Crippen molar-refractivity contribution in [2.45, 2.75) is 73.0 Å². The average Bonchev–Trinajstić information content (AvgIpc) is 2.79. The van der Waals surface area contributed by atoms with E-state index >= 15 is 0 Å². The van der Waals surface area contributed by atoms with Crippen LogP contribution in [0.15, 0.2) is 42.5 Å². The number of amides is 3. The number of aryl methyl sites for hydroxylation is 3. The Bertz CT molecular complexity index is 1010. The van der Waals surface area contributed by atoms with E-state index in [0.717, 1.165) is 28.8 Å². The number of carbonyl (C=O) groups excluding carboxylic acids is 3. The Morgan fingerprint density at radius 1 is 0.971 bits per heavy atom. The summed E-state index contributed by atoms with van der Waals surface area (Å²) in [5, 5.41) is 5.58. The molecule has 0 heterocycles. The van der Waals surface area contributed by atoms with Gasteiger partial charge in [0, 0.05) is 12.2 Å². The normalized spacial score (nSPS) is 12.0. The second-order valence-corrected chi connectivity index (χ2v) is 9.70. The van der Waals surface area contributed by atoms with Gasteiger partial charge in [0.05, 0.1) is 0 Å². The molecule has 190 valence electrons. The molecule has 1 atom stereocenters. The minimum absolute atomic E-state index is 0.269. The third-order valence-corrected chi connectivity index (χ3v) is 5.56. The first-order chi connectivity index (χ1) is 16.5. The van der Waals surface area contributed by atoms with Gasteiger partial charge < -0.3 is 20.3 Å². The fourth-order valence-corrected chi connectivity index (χ4v) is 3.81. The van der Waals surface area contributed by atoms with Gasteiger partial charge in [-0.1, -0.05) is 56.3 Å². The molecule has 7 nitrogen and oxygen atoms in total. The van der Waals surface area contributed by atoms with Crippen LogP contribution in [0.4, 0.5) is 10.5 Å². The van der Waals surface area contributed by atoms with E-state index in [1.165, 1.54) is 4.90 Å². The summed E-state index contributed by atoms with van der Waals surface area (Å²) in [6.07, 6.45) is 0.848. The third-order valence-electron chi connectivity index (χ3n) is 5.56. The van der Waals surface area contributed by atoms with Gasteiger partial charge in [-0.25, -0.2) is 4.79 Å². The lowest BCUT2D eigenvalue weighted by molar-refractivity contribution is -0.138. The molecule has 2 aromatic rings. The van der Waals surface area contributed by atoms with Crippen molar-refractivity contribution in [3.8, 4) is 0 Å². The topological polar surface area (TPSA) is 87.7 Å². The minimum atomic E-state index is -0.854.